The number of nitrogens with zero attached hydrogens (tertiary/aromatic N) is 4. The van der Waals surface area contributed by atoms with Gasteiger partial charge in [0.2, 0.25) is 0 Å². The molecule has 0 spiro atoms. The summed E-state index contributed by atoms with van der Waals surface area (Å²) in [7, 11) is 0. The van der Waals surface area contributed by atoms with Crippen LogP contribution in [0.3, 0.4) is 0 Å². The summed E-state index contributed by atoms with van der Waals surface area (Å²) >= 11 is 0. The Morgan fingerprint density at radius 2 is 2.00 bits per heavy atom. The summed E-state index contributed by atoms with van der Waals surface area (Å²) in [5.74, 6) is 0.635. The second-order valence-corrected chi connectivity index (χ2v) is 4.15. The first-order valence-electron chi connectivity index (χ1n) is 5.65. The lowest BCUT2D eigenvalue weighted by atomic mass is 10.1. The molecule has 17 heavy (non-hydrogen) atoms. The highest BCUT2D eigenvalue weighted by atomic mass is 16.5. The van der Waals surface area contributed by atoms with Gasteiger partial charge in [-0.15, -0.1) is 9.56 Å². The molecule has 0 amide bonds. The lowest BCUT2D eigenvalue weighted by molar-refractivity contribution is 0.348. The first kappa shape index (κ1) is 10.1. The van der Waals surface area contributed by atoms with Gasteiger partial charge in [-0.2, -0.15) is 4.98 Å². The minimum absolute atomic E-state index is 0.218. The van der Waals surface area contributed by atoms with Crippen molar-refractivity contribution >= 4 is 17.4 Å². The molecule has 0 atom stereocenters. The summed E-state index contributed by atoms with van der Waals surface area (Å²) in [5, 5.41) is 0. The number of rotatable bonds is 1. The maximum atomic E-state index is 11.0. The topological polar surface area (TPSA) is 89.7 Å². The molecule has 1 aliphatic heterocycles. The van der Waals surface area contributed by atoms with E-state index >= 15 is 0 Å². The zero-order chi connectivity index (χ0) is 11.8. The number of anilines is 2. The third-order valence-electron chi connectivity index (χ3n) is 2.95. The van der Waals surface area contributed by atoms with E-state index in [2.05, 4.69) is 14.9 Å². The van der Waals surface area contributed by atoms with Gasteiger partial charge < -0.3 is 15.2 Å². The molecule has 0 unspecified atom stereocenters. The van der Waals surface area contributed by atoms with Crippen LogP contribution in [-0.4, -0.2) is 27.6 Å². The first-order valence-corrected chi connectivity index (χ1v) is 5.65. The lowest BCUT2D eigenvalue weighted by Gasteiger charge is -2.27. The van der Waals surface area contributed by atoms with E-state index in [1.165, 1.54) is 6.42 Å². The van der Waals surface area contributed by atoms with Gasteiger partial charge in [-0.1, -0.05) is 0 Å². The van der Waals surface area contributed by atoms with Crippen molar-refractivity contribution in [2.75, 3.05) is 23.7 Å². The van der Waals surface area contributed by atoms with Gasteiger partial charge >= 0.3 is 5.76 Å². The molecule has 2 N–H and O–H groups in total. The molecule has 7 heteroatoms. The minimum Gasteiger partial charge on any atom is -0.382 e. The number of nitrogen functional groups attached to an aromatic ring is 1. The molecule has 0 bridgehead atoms. The summed E-state index contributed by atoms with van der Waals surface area (Å²) in [6.07, 6.45) is 3.55. The van der Waals surface area contributed by atoms with Crippen molar-refractivity contribution < 1.29 is 4.52 Å². The number of hydrogen-bond acceptors (Lipinski definition) is 6. The zero-order valence-corrected chi connectivity index (χ0v) is 9.30. The molecule has 2 aromatic heterocycles. The van der Waals surface area contributed by atoms with Gasteiger partial charge in [-0.3, -0.25) is 0 Å². The van der Waals surface area contributed by atoms with Crippen LogP contribution in [0, 0.1) is 0 Å². The first-order chi connectivity index (χ1) is 8.24. The fourth-order valence-corrected chi connectivity index (χ4v) is 2.12. The molecular weight excluding hydrogens is 222 g/mol. The van der Waals surface area contributed by atoms with E-state index in [4.69, 9.17) is 10.3 Å². The molecule has 0 aromatic carbocycles. The number of fused-ring (bicyclic) bond motifs is 1. The van der Waals surface area contributed by atoms with E-state index in [0.29, 0.717) is 5.82 Å². The Balaban J connectivity index is 2.07. The fourth-order valence-electron chi connectivity index (χ4n) is 2.12. The van der Waals surface area contributed by atoms with Crippen LogP contribution in [0.4, 0.5) is 11.6 Å². The van der Waals surface area contributed by atoms with Crippen molar-refractivity contribution in [1.29, 1.82) is 0 Å². The normalized spacial score (nSPS) is 16.6. The Hall–Kier alpha value is -2.05. The number of nitrogens with two attached hydrogens (primary N) is 1. The van der Waals surface area contributed by atoms with Crippen molar-refractivity contribution in [2.45, 2.75) is 19.3 Å². The Bertz CT molecular complexity index is 596. The number of hydrogen-bond donors (Lipinski definition) is 1. The maximum Gasteiger partial charge on any atom is 0.461 e. The summed E-state index contributed by atoms with van der Waals surface area (Å²) in [5.41, 5.74) is 5.80. The number of aromatic nitrogens is 3. The smallest absolute Gasteiger partial charge is 0.382 e. The Kier molecular flexibility index (Phi) is 2.24. The van der Waals surface area contributed by atoms with Crippen LogP contribution in [0.15, 0.2) is 15.4 Å². The SMILES string of the molecule is Nc1cc(N2CCCCC2)nc2nc(=O)on12. The van der Waals surface area contributed by atoms with Crippen LogP contribution >= 0.6 is 0 Å². The van der Waals surface area contributed by atoms with Gasteiger partial charge in [0, 0.05) is 19.2 Å². The van der Waals surface area contributed by atoms with Gasteiger partial charge in [0.05, 0.1) is 0 Å². The second-order valence-electron chi connectivity index (χ2n) is 4.15. The molecule has 90 valence electrons. The van der Waals surface area contributed by atoms with Crippen molar-refractivity contribution in [1.82, 2.24) is 14.5 Å². The van der Waals surface area contributed by atoms with Gasteiger partial charge in [0.15, 0.2) is 0 Å². The van der Waals surface area contributed by atoms with E-state index in [1.54, 1.807) is 6.07 Å². The quantitative estimate of drug-likeness (QED) is 0.762. The van der Waals surface area contributed by atoms with E-state index < -0.39 is 5.76 Å². The van der Waals surface area contributed by atoms with Gasteiger partial charge in [-0.05, 0) is 19.3 Å². The summed E-state index contributed by atoms with van der Waals surface area (Å²) < 4.78 is 5.93. The van der Waals surface area contributed by atoms with Crippen LogP contribution in [0.1, 0.15) is 19.3 Å². The van der Waals surface area contributed by atoms with E-state index in [0.717, 1.165) is 36.3 Å². The lowest BCUT2D eigenvalue weighted by Crippen LogP contribution is -2.30. The van der Waals surface area contributed by atoms with Crippen molar-refractivity contribution in [3.05, 3.63) is 16.6 Å². The molecule has 3 heterocycles. The fraction of sp³-hybridized carbons (Fsp3) is 0.500. The predicted molar refractivity (Wildman–Crippen MR) is 62.0 cm³/mol. The van der Waals surface area contributed by atoms with Crippen LogP contribution in [0.2, 0.25) is 0 Å². The zero-order valence-electron chi connectivity index (χ0n) is 9.30. The molecule has 0 saturated carbocycles. The maximum absolute atomic E-state index is 11.0. The number of piperidine rings is 1. The molecule has 3 rings (SSSR count). The van der Waals surface area contributed by atoms with E-state index in [9.17, 15) is 4.79 Å². The average molecular weight is 235 g/mol. The highest BCUT2D eigenvalue weighted by Crippen LogP contribution is 2.20. The minimum atomic E-state index is -0.681. The molecule has 1 aliphatic rings. The summed E-state index contributed by atoms with van der Waals surface area (Å²) in [4.78, 5) is 21.1. The second kappa shape index (κ2) is 3.76. The molecule has 0 aliphatic carbocycles. The summed E-state index contributed by atoms with van der Waals surface area (Å²) in [6.45, 7) is 1.93. The van der Waals surface area contributed by atoms with Gasteiger partial charge in [0.25, 0.3) is 5.78 Å². The largest absolute Gasteiger partial charge is 0.461 e. The molecule has 1 fully saturated rings. The van der Waals surface area contributed by atoms with Crippen LogP contribution < -0.4 is 16.4 Å². The van der Waals surface area contributed by atoms with Crippen molar-refractivity contribution in [2.24, 2.45) is 0 Å². The monoisotopic (exact) mass is 235 g/mol. The van der Waals surface area contributed by atoms with Gasteiger partial charge in [-0.25, -0.2) is 4.79 Å². The summed E-state index contributed by atoms with van der Waals surface area (Å²) in [6, 6.07) is 1.71. The molecule has 7 nitrogen and oxygen atoms in total. The highest BCUT2D eigenvalue weighted by Gasteiger charge is 2.15. The van der Waals surface area contributed by atoms with E-state index in [1.807, 2.05) is 0 Å². The molecule has 2 aromatic rings. The van der Waals surface area contributed by atoms with Crippen molar-refractivity contribution in [3.63, 3.8) is 0 Å². The van der Waals surface area contributed by atoms with Crippen LogP contribution in [-0.2, 0) is 0 Å². The Morgan fingerprint density at radius 3 is 2.76 bits per heavy atom. The Labute approximate surface area is 96.8 Å². The van der Waals surface area contributed by atoms with Crippen LogP contribution in [0.5, 0.6) is 0 Å². The molecular formula is C10H13N5O2. The van der Waals surface area contributed by atoms with Crippen LogP contribution in [0.25, 0.3) is 5.78 Å². The predicted octanol–water partition coefficient (Wildman–Crippen LogP) is 0.255. The van der Waals surface area contributed by atoms with E-state index in [-0.39, 0.29) is 5.78 Å². The molecule has 0 radical (unpaired) electrons. The average Bonchev–Trinajstić information content (AvgIpc) is 2.71. The van der Waals surface area contributed by atoms with Crippen molar-refractivity contribution in [3.8, 4) is 0 Å². The highest BCUT2D eigenvalue weighted by molar-refractivity contribution is 5.52. The third kappa shape index (κ3) is 1.73. The third-order valence-corrected chi connectivity index (χ3v) is 2.95. The molecule has 1 saturated heterocycles. The van der Waals surface area contributed by atoms with Gasteiger partial charge in [0.1, 0.15) is 11.6 Å². The Morgan fingerprint density at radius 1 is 1.24 bits per heavy atom. The standard InChI is InChI=1S/C10H13N5O2/c11-7-6-8(14-4-2-1-3-5-14)12-9-13-10(16)17-15(7)9/h6H,1-5,11H2.